The van der Waals surface area contributed by atoms with Crippen molar-refractivity contribution in [3.63, 3.8) is 0 Å². The summed E-state index contributed by atoms with van der Waals surface area (Å²) in [6.07, 6.45) is 6.63. The average molecular weight is 672 g/mol. The second kappa shape index (κ2) is 15.4. The van der Waals surface area contributed by atoms with Crippen LogP contribution in [0.3, 0.4) is 0 Å². The number of aliphatic hydroxyl groups excluding tert-OH is 2. The van der Waals surface area contributed by atoms with Crippen LogP contribution in [0.15, 0.2) is 79.4 Å². The molecule has 0 aromatic heterocycles. The van der Waals surface area contributed by atoms with Crippen molar-refractivity contribution >= 4 is 17.5 Å². The van der Waals surface area contributed by atoms with Gasteiger partial charge in [0.05, 0.1) is 26.4 Å². The molecule has 8 atom stereocenters. The van der Waals surface area contributed by atoms with Crippen LogP contribution in [-0.2, 0) is 21.0 Å². The topological polar surface area (TPSA) is 120 Å². The molecule has 4 N–H and O–H groups in total. The number of hydrogen-bond donors (Lipinski definition) is 4. The van der Waals surface area contributed by atoms with Gasteiger partial charge in [0, 0.05) is 35.2 Å². The van der Waals surface area contributed by atoms with Crippen molar-refractivity contribution in [2.24, 2.45) is 29.1 Å². The first-order valence-electron chi connectivity index (χ1n) is 17.5. The first-order valence-corrected chi connectivity index (χ1v) is 17.5. The summed E-state index contributed by atoms with van der Waals surface area (Å²) in [5.74, 6) is 1.15. The van der Waals surface area contributed by atoms with E-state index < -0.39 is 24.2 Å². The number of allylic oxidation sites excluding steroid dienone is 4. The number of benzene rings is 2. The summed E-state index contributed by atoms with van der Waals surface area (Å²) in [5, 5.41) is 29.0. The fourth-order valence-corrected chi connectivity index (χ4v) is 8.48. The molecule has 2 aromatic carbocycles. The van der Waals surface area contributed by atoms with Gasteiger partial charge in [-0.25, -0.2) is 0 Å². The van der Waals surface area contributed by atoms with Crippen LogP contribution in [0.1, 0.15) is 58.9 Å². The van der Waals surface area contributed by atoms with Gasteiger partial charge >= 0.3 is 0 Å². The first kappa shape index (κ1) is 36.5. The van der Waals surface area contributed by atoms with Crippen LogP contribution < -0.4 is 15.4 Å². The van der Waals surface area contributed by atoms with E-state index in [1.165, 1.54) is 6.42 Å². The lowest BCUT2D eigenvalue weighted by molar-refractivity contribution is -0.183. The van der Waals surface area contributed by atoms with Gasteiger partial charge in [-0.05, 0) is 72.6 Å². The number of nitrogens with zero attached hydrogens (tertiary/aromatic N) is 1. The number of anilines is 1. The largest absolute Gasteiger partial charge is 0.496 e. The summed E-state index contributed by atoms with van der Waals surface area (Å²) in [4.78, 5) is 33.1. The molecule has 1 saturated heterocycles. The molecule has 0 spiro atoms. The van der Waals surface area contributed by atoms with Gasteiger partial charge in [-0.2, -0.15) is 5.06 Å². The zero-order valence-electron chi connectivity index (χ0n) is 29.5. The van der Waals surface area contributed by atoms with Crippen molar-refractivity contribution in [2.75, 3.05) is 19.0 Å². The molecule has 264 valence electrons. The van der Waals surface area contributed by atoms with Crippen LogP contribution in [0.25, 0.3) is 11.1 Å². The molecule has 2 aromatic rings. The second-order valence-corrected chi connectivity index (χ2v) is 14.5. The van der Waals surface area contributed by atoms with Gasteiger partial charge < -0.3 is 25.6 Å². The fourth-order valence-electron chi connectivity index (χ4n) is 8.48. The van der Waals surface area contributed by atoms with E-state index in [9.17, 15) is 19.8 Å². The van der Waals surface area contributed by atoms with Crippen LogP contribution in [0.2, 0.25) is 0 Å². The van der Waals surface area contributed by atoms with Crippen molar-refractivity contribution in [1.29, 1.82) is 0 Å². The minimum Gasteiger partial charge on any atom is -0.496 e. The Hall–Kier alpha value is -3.76. The number of hydroxylamine groups is 2. The third kappa shape index (κ3) is 7.55. The van der Waals surface area contributed by atoms with Gasteiger partial charge in [0.2, 0.25) is 11.8 Å². The van der Waals surface area contributed by atoms with Gasteiger partial charge in [-0.1, -0.05) is 82.5 Å². The molecule has 0 unspecified atom stereocenters. The number of amides is 2. The Balaban J connectivity index is 1.36. The maximum absolute atomic E-state index is 14.1. The van der Waals surface area contributed by atoms with Crippen molar-refractivity contribution in [3.8, 4) is 16.9 Å². The van der Waals surface area contributed by atoms with Crippen molar-refractivity contribution in [3.05, 3.63) is 85.0 Å². The number of para-hydroxylation sites is 1. The lowest BCUT2D eigenvalue weighted by atomic mass is 9.45. The molecule has 3 saturated carbocycles. The SMILES string of the molecule is C=C/C=C(\C=C)CCC(=O)Nc1cccc(-c2cccc(CN3O[C@@H](CO)[C@H]([C@H](C)O)[C@H]3C(=O)N[C@H]3C[C@H]4C[C@@H]([C@@H]3C)C4(C)C)c2OC)c1. The average Bonchev–Trinajstić information content (AvgIpc) is 3.46. The van der Waals surface area contributed by atoms with Crippen molar-refractivity contribution in [1.82, 2.24) is 10.4 Å². The van der Waals surface area contributed by atoms with Crippen LogP contribution in [0, 0.1) is 29.1 Å². The van der Waals surface area contributed by atoms with Crippen LogP contribution in [0.4, 0.5) is 5.69 Å². The van der Waals surface area contributed by atoms with Crippen molar-refractivity contribution in [2.45, 2.75) is 84.2 Å². The number of ether oxygens (including phenoxy) is 1. The molecule has 4 aliphatic rings. The van der Waals surface area contributed by atoms with E-state index in [1.54, 1.807) is 31.2 Å². The molecular weight excluding hydrogens is 618 g/mol. The fraction of sp³-hybridized carbons (Fsp3) is 0.500. The van der Waals surface area contributed by atoms with Crippen molar-refractivity contribution < 1.29 is 29.4 Å². The molecule has 1 heterocycles. The highest BCUT2D eigenvalue weighted by atomic mass is 16.7. The maximum atomic E-state index is 14.1. The van der Waals surface area contributed by atoms with Gasteiger partial charge in [0.1, 0.15) is 17.9 Å². The molecule has 6 rings (SSSR count). The summed E-state index contributed by atoms with van der Waals surface area (Å²) in [5.41, 5.74) is 4.31. The summed E-state index contributed by atoms with van der Waals surface area (Å²) in [6, 6.07) is 12.6. The predicted octanol–water partition coefficient (Wildman–Crippen LogP) is 6.04. The Labute approximate surface area is 291 Å². The maximum Gasteiger partial charge on any atom is 0.240 e. The predicted molar refractivity (Wildman–Crippen MR) is 192 cm³/mol. The third-order valence-corrected chi connectivity index (χ3v) is 11.4. The molecule has 1 aliphatic heterocycles. The smallest absolute Gasteiger partial charge is 0.240 e. The van der Waals surface area contributed by atoms with E-state index in [0.29, 0.717) is 47.4 Å². The van der Waals surface area contributed by atoms with E-state index in [0.717, 1.165) is 28.7 Å². The molecular formula is C40H53N3O6. The molecule has 2 amide bonds. The van der Waals surface area contributed by atoms with E-state index in [1.807, 2.05) is 48.5 Å². The van der Waals surface area contributed by atoms with Crippen LogP contribution in [0.5, 0.6) is 5.75 Å². The Kier molecular flexibility index (Phi) is 11.5. The number of aliphatic hydroxyl groups is 2. The lowest BCUT2D eigenvalue weighted by Gasteiger charge is -2.62. The Morgan fingerprint density at radius 3 is 2.55 bits per heavy atom. The summed E-state index contributed by atoms with van der Waals surface area (Å²) in [6.45, 7) is 15.9. The summed E-state index contributed by atoms with van der Waals surface area (Å²) in [7, 11) is 1.60. The van der Waals surface area contributed by atoms with Crippen LogP contribution in [-0.4, -0.2) is 65.1 Å². The zero-order valence-corrected chi connectivity index (χ0v) is 29.5. The number of fused-ring (bicyclic) bond motifs is 2. The number of rotatable bonds is 14. The number of carbonyl (C=O) groups excluding carboxylic acids is 2. The van der Waals surface area contributed by atoms with E-state index in [2.05, 4.69) is 44.6 Å². The highest BCUT2D eigenvalue weighted by Gasteiger charge is 2.57. The molecule has 49 heavy (non-hydrogen) atoms. The van der Waals surface area contributed by atoms with Gasteiger partial charge in [-0.3, -0.25) is 14.4 Å². The van der Waals surface area contributed by atoms with Gasteiger partial charge in [0.15, 0.2) is 0 Å². The number of methoxy groups -OCH3 is 1. The standard InChI is InChI=1S/C40H53N3O6/c1-8-12-26(9-2)17-18-35(46)41-30-15-10-13-27(19-30)31-16-11-14-28(38(31)48-7)22-43-37(36(25(4)45)34(23-44)49-43)39(47)42-33-21-29-20-32(24(33)3)40(29,5)6/h8-16,19,24-25,29,32-34,36-37,44-45H,1-2,17-18,20-23H2,3-7H3,(H,41,46)(H,42,47)/b26-12+/t24-,25-,29+,32-,33-,34-,36-,37-/m0/s1. The van der Waals surface area contributed by atoms with Gasteiger partial charge in [-0.15, -0.1) is 0 Å². The second-order valence-electron chi connectivity index (χ2n) is 14.5. The molecule has 4 fully saturated rings. The zero-order chi connectivity index (χ0) is 35.5. The highest BCUT2D eigenvalue weighted by molar-refractivity contribution is 5.92. The number of hydrogen-bond acceptors (Lipinski definition) is 7. The lowest BCUT2D eigenvalue weighted by Crippen LogP contribution is -2.62. The van der Waals surface area contributed by atoms with E-state index >= 15 is 0 Å². The molecule has 3 aliphatic carbocycles. The van der Waals surface area contributed by atoms with E-state index in [-0.39, 0.29) is 31.0 Å². The Morgan fingerprint density at radius 1 is 1.16 bits per heavy atom. The summed E-state index contributed by atoms with van der Waals surface area (Å²) < 4.78 is 5.96. The van der Waals surface area contributed by atoms with E-state index in [4.69, 9.17) is 9.57 Å². The minimum atomic E-state index is -0.887. The Bertz CT molecular complexity index is 1570. The monoisotopic (exact) mass is 671 g/mol. The third-order valence-electron chi connectivity index (χ3n) is 11.4. The van der Waals surface area contributed by atoms with Crippen LogP contribution >= 0.6 is 0 Å². The molecule has 0 radical (unpaired) electrons. The highest BCUT2D eigenvalue weighted by Crippen LogP contribution is 2.61. The number of carbonyl (C=O) groups is 2. The summed E-state index contributed by atoms with van der Waals surface area (Å²) >= 11 is 0. The molecule has 2 bridgehead atoms. The Morgan fingerprint density at radius 2 is 1.92 bits per heavy atom. The molecule has 9 nitrogen and oxygen atoms in total. The quantitative estimate of drug-likeness (QED) is 0.181. The normalized spacial score (nSPS) is 28.2. The first-order chi connectivity index (χ1) is 23.4. The number of nitrogens with one attached hydrogen (secondary N) is 2. The minimum absolute atomic E-state index is 0.0484. The molecule has 9 heteroatoms. The van der Waals surface area contributed by atoms with Gasteiger partial charge in [0.25, 0.3) is 0 Å².